The molecule has 3 heterocycles. The number of hydrogen-bond donors (Lipinski definition) is 0. The van der Waals surface area contributed by atoms with Crippen LogP contribution in [0.15, 0.2) is 41.2 Å². The molecule has 2 aromatic carbocycles. The van der Waals surface area contributed by atoms with Crippen molar-refractivity contribution < 1.29 is 13.9 Å². The maximum atomic E-state index is 15.4. The van der Waals surface area contributed by atoms with Gasteiger partial charge in [0.1, 0.15) is 17.0 Å². The van der Waals surface area contributed by atoms with E-state index in [1.165, 1.54) is 6.07 Å². The molecule has 0 bridgehead atoms. The van der Waals surface area contributed by atoms with Crippen molar-refractivity contribution in [1.29, 1.82) is 0 Å². The normalized spacial score (nSPS) is 15.2. The van der Waals surface area contributed by atoms with Gasteiger partial charge in [-0.05, 0) is 45.0 Å². The lowest BCUT2D eigenvalue weighted by molar-refractivity contribution is 0.0526. The number of aromatic nitrogens is 2. The molecule has 0 aliphatic carbocycles. The molecule has 1 fully saturated rings. The molecule has 0 N–H and O–H groups in total. The smallest absolute Gasteiger partial charge is 0.345 e. The summed E-state index contributed by atoms with van der Waals surface area (Å²) in [5, 5.41) is 0.166. The lowest BCUT2D eigenvalue weighted by atomic mass is 10.1. The first-order valence-electron chi connectivity index (χ1n) is 11.7. The Morgan fingerprint density at radius 2 is 1.74 bits per heavy atom. The number of piperazine rings is 1. The summed E-state index contributed by atoms with van der Waals surface area (Å²) in [5.74, 6) is -1.16. The second-order valence-corrected chi connectivity index (χ2v) is 9.07. The van der Waals surface area contributed by atoms with Gasteiger partial charge in [-0.3, -0.25) is 14.1 Å². The highest BCUT2D eigenvalue weighted by molar-refractivity contribution is 6.04. The summed E-state index contributed by atoms with van der Waals surface area (Å²) in [4.78, 5) is 30.8. The number of imidazole rings is 1. The number of hydrogen-bond acceptors (Lipinski definition) is 5. The average Bonchev–Trinajstić information content (AvgIpc) is 3.12. The van der Waals surface area contributed by atoms with E-state index in [1.54, 1.807) is 13.0 Å². The Morgan fingerprint density at radius 3 is 2.38 bits per heavy atom. The number of carbonyl (C=O) groups excluding carboxylic acids is 1. The van der Waals surface area contributed by atoms with Gasteiger partial charge in [0.25, 0.3) is 0 Å². The number of ether oxygens (including phenoxy) is 1. The van der Waals surface area contributed by atoms with Crippen molar-refractivity contribution in [1.82, 2.24) is 13.9 Å². The van der Waals surface area contributed by atoms with E-state index in [4.69, 9.17) is 4.74 Å². The number of fused-ring (bicyclic) bond motifs is 5. The zero-order chi connectivity index (χ0) is 24.1. The van der Waals surface area contributed by atoms with E-state index >= 15 is 4.39 Å². The van der Waals surface area contributed by atoms with Crippen LogP contribution in [0, 0.1) is 5.82 Å². The van der Waals surface area contributed by atoms with Crippen LogP contribution >= 0.6 is 0 Å². The minimum atomic E-state index is -0.702. The van der Waals surface area contributed by atoms with E-state index in [0.29, 0.717) is 36.0 Å². The Labute approximate surface area is 196 Å². The van der Waals surface area contributed by atoms with Gasteiger partial charge in [0, 0.05) is 39.3 Å². The number of rotatable bonds is 4. The van der Waals surface area contributed by atoms with Crippen molar-refractivity contribution in [3.8, 4) is 0 Å². The van der Waals surface area contributed by atoms with Crippen LogP contribution < -0.4 is 10.3 Å². The van der Waals surface area contributed by atoms with Crippen molar-refractivity contribution >= 4 is 39.2 Å². The molecule has 0 saturated carbocycles. The molecule has 0 spiro atoms. The molecule has 2 aromatic heterocycles. The topological polar surface area (TPSA) is 59.2 Å². The third kappa shape index (κ3) is 3.36. The number of pyridine rings is 1. The number of nitrogens with zero attached hydrogens (tertiary/aromatic N) is 4. The van der Waals surface area contributed by atoms with E-state index in [1.807, 2.05) is 45.2 Å². The molecule has 7 nitrogen and oxygen atoms in total. The van der Waals surface area contributed by atoms with Crippen molar-refractivity contribution in [2.24, 2.45) is 7.05 Å². The van der Waals surface area contributed by atoms with Crippen LogP contribution in [-0.2, 0) is 11.8 Å². The van der Waals surface area contributed by atoms with Crippen LogP contribution in [0.2, 0.25) is 0 Å². The first-order chi connectivity index (χ1) is 16.3. The lowest BCUT2D eigenvalue weighted by Gasteiger charge is -2.38. The largest absolute Gasteiger partial charge is 0.462 e. The predicted octanol–water partition coefficient (Wildman–Crippen LogP) is 3.79. The van der Waals surface area contributed by atoms with Gasteiger partial charge in [0.2, 0.25) is 5.43 Å². The van der Waals surface area contributed by atoms with E-state index in [9.17, 15) is 9.59 Å². The van der Waals surface area contributed by atoms with Crippen molar-refractivity contribution in [2.45, 2.75) is 26.8 Å². The molecule has 1 aliphatic rings. The molecule has 1 saturated heterocycles. The number of para-hydroxylation sites is 2. The third-order valence-corrected chi connectivity index (χ3v) is 6.88. The van der Waals surface area contributed by atoms with Crippen molar-refractivity contribution in [3.63, 3.8) is 0 Å². The molecule has 0 unspecified atom stereocenters. The first kappa shape index (κ1) is 22.4. The van der Waals surface area contributed by atoms with Gasteiger partial charge >= 0.3 is 5.97 Å². The fourth-order valence-corrected chi connectivity index (χ4v) is 5.10. The van der Waals surface area contributed by atoms with Crippen molar-refractivity contribution in [3.05, 3.63) is 58.0 Å². The number of anilines is 1. The van der Waals surface area contributed by atoms with Crippen LogP contribution in [0.5, 0.6) is 0 Å². The molecular formula is C26H29FN4O3. The average molecular weight is 465 g/mol. The first-order valence-corrected chi connectivity index (χ1v) is 11.7. The Balaban J connectivity index is 1.81. The zero-order valence-corrected chi connectivity index (χ0v) is 20.0. The third-order valence-electron chi connectivity index (χ3n) is 6.88. The molecule has 8 heteroatoms. The molecule has 5 rings (SSSR count). The minimum Gasteiger partial charge on any atom is -0.462 e. The fraction of sp³-hybridized carbons (Fsp3) is 0.385. The second-order valence-electron chi connectivity index (χ2n) is 9.07. The highest BCUT2D eigenvalue weighted by Gasteiger charge is 2.27. The van der Waals surface area contributed by atoms with Crippen LogP contribution in [0.25, 0.3) is 27.6 Å². The van der Waals surface area contributed by atoms with Gasteiger partial charge < -0.3 is 14.2 Å². The molecular weight excluding hydrogens is 435 g/mol. The molecule has 4 aromatic rings. The summed E-state index contributed by atoms with van der Waals surface area (Å²) < 4.78 is 24.3. The monoisotopic (exact) mass is 464 g/mol. The van der Waals surface area contributed by atoms with Gasteiger partial charge in [0.15, 0.2) is 0 Å². The molecule has 0 atom stereocenters. The van der Waals surface area contributed by atoms with E-state index in [-0.39, 0.29) is 17.6 Å². The van der Waals surface area contributed by atoms with Gasteiger partial charge in [-0.15, -0.1) is 0 Å². The molecule has 178 valence electrons. The maximum absolute atomic E-state index is 15.4. The number of carbonyl (C=O) groups is 1. The number of halogens is 1. The number of esters is 1. The second kappa shape index (κ2) is 8.43. The summed E-state index contributed by atoms with van der Waals surface area (Å²) >= 11 is 0. The molecule has 0 radical (unpaired) electrons. The van der Waals surface area contributed by atoms with Gasteiger partial charge in [0.05, 0.1) is 34.2 Å². The van der Waals surface area contributed by atoms with Crippen LogP contribution in [0.4, 0.5) is 10.1 Å². The summed E-state index contributed by atoms with van der Waals surface area (Å²) in [6.45, 7) is 9.27. The van der Waals surface area contributed by atoms with Crippen LogP contribution in [0.3, 0.4) is 0 Å². The quantitative estimate of drug-likeness (QED) is 0.430. The Kier molecular flexibility index (Phi) is 5.56. The summed E-state index contributed by atoms with van der Waals surface area (Å²) in [6, 6.07) is 11.2. The lowest BCUT2D eigenvalue weighted by Crippen LogP contribution is -2.49. The Hall–Kier alpha value is -3.39. The highest BCUT2D eigenvalue weighted by atomic mass is 19.1. The van der Waals surface area contributed by atoms with E-state index in [0.717, 1.165) is 24.1 Å². The van der Waals surface area contributed by atoms with E-state index < -0.39 is 17.2 Å². The summed E-state index contributed by atoms with van der Waals surface area (Å²) in [5.41, 5.74) is 2.59. The summed E-state index contributed by atoms with van der Waals surface area (Å²) in [7, 11) is 1.82. The van der Waals surface area contributed by atoms with Gasteiger partial charge in [-0.2, -0.15) is 0 Å². The molecule has 1 aliphatic heterocycles. The Bertz CT molecular complexity index is 1480. The number of aryl methyl sites for hydroxylation is 1. The fourth-order valence-electron chi connectivity index (χ4n) is 5.10. The van der Waals surface area contributed by atoms with Gasteiger partial charge in [-0.25, -0.2) is 9.18 Å². The van der Waals surface area contributed by atoms with Crippen LogP contribution in [-0.4, -0.2) is 58.7 Å². The van der Waals surface area contributed by atoms with Crippen molar-refractivity contribution in [2.75, 3.05) is 37.7 Å². The maximum Gasteiger partial charge on any atom is 0.345 e. The minimum absolute atomic E-state index is 0.0780. The zero-order valence-electron chi connectivity index (χ0n) is 20.0. The predicted molar refractivity (Wildman–Crippen MR) is 132 cm³/mol. The van der Waals surface area contributed by atoms with Crippen LogP contribution in [0.1, 0.15) is 31.1 Å². The standard InChI is InChI=1S/C26H29FN4O3/c1-5-34-26(33)23-24(32)17-14-18(27)22(30-12-10-29(11-13-30)16(2)3)15-21(17)31-20-9-7-6-8-19(20)28(4)25(23)31/h6-9,14-16H,5,10-13H2,1-4H3. The SMILES string of the molecule is CCOC(=O)c1c(=O)c2cc(F)c(N3CCN(C(C)C)CC3)cc2n2c3ccccc3n(C)c12. The molecule has 0 amide bonds. The van der Waals surface area contributed by atoms with E-state index in [2.05, 4.69) is 18.7 Å². The molecule has 34 heavy (non-hydrogen) atoms. The summed E-state index contributed by atoms with van der Waals surface area (Å²) in [6.07, 6.45) is 0. The number of benzene rings is 2. The Morgan fingerprint density at radius 1 is 1.06 bits per heavy atom. The highest BCUT2D eigenvalue weighted by Crippen LogP contribution is 2.31. The van der Waals surface area contributed by atoms with Gasteiger partial charge in [-0.1, -0.05) is 12.1 Å².